The molecular weight excluding hydrogens is 338 g/mol. The Morgan fingerprint density at radius 1 is 1.11 bits per heavy atom. The first-order valence-electron chi connectivity index (χ1n) is 10.2. The molecule has 0 aliphatic heterocycles. The molecule has 0 aromatic heterocycles. The number of rotatable bonds is 6. The highest BCUT2D eigenvalue weighted by Gasteiger charge is 2.51. The lowest BCUT2D eigenvalue weighted by Crippen LogP contribution is -2.53. The van der Waals surface area contributed by atoms with Crippen LogP contribution in [0.5, 0.6) is 0 Å². The van der Waals surface area contributed by atoms with Crippen LogP contribution >= 0.6 is 0 Å². The molecule has 5 rings (SSSR count). The summed E-state index contributed by atoms with van der Waals surface area (Å²) in [5, 5.41) is 2.96. The molecule has 1 atom stereocenters. The van der Waals surface area contributed by atoms with E-state index in [9.17, 15) is 9.59 Å². The molecule has 1 unspecified atom stereocenters. The number of likely N-dealkylation sites (N-methyl/N-ethyl adjacent to an activating group) is 1. The molecule has 5 nitrogen and oxygen atoms in total. The Labute approximate surface area is 161 Å². The fraction of sp³-hybridized carbons (Fsp3) is 0.636. The van der Waals surface area contributed by atoms with Crippen LogP contribution in [0.3, 0.4) is 0 Å². The minimum atomic E-state index is -0.462. The number of amides is 2. The standard InChI is InChI=1S/C22H31N3O2/c1-14(21(27)24-19-5-3-18(4-6-19)20(23)26)25(2)13-22-10-15-7-16(11-22)9-17(8-15)12-22/h3-6,14-17H,7-13H2,1-2H3,(H2,23,26)(H,24,27). The minimum Gasteiger partial charge on any atom is -0.366 e. The summed E-state index contributed by atoms with van der Waals surface area (Å²) in [6, 6.07) is 6.55. The molecule has 0 spiro atoms. The Kier molecular flexibility index (Phi) is 4.75. The van der Waals surface area contributed by atoms with Crippen molar-refractivity contribution in [2.75, 3.05) is 18.9 Å². The van der Waals surface area contributed by atoms with E-state index >= 15 is 0 Å². The maximum atomic E-state index is 12.7. The predicted molar refractivity (Wildman–Crippen MR) is 106 cm³/mol. The second-order valence-electron chi connectivity index (χ2n) is 9.44. The minimum absolute atomic E-state index is 0.00551. The fourth-order valence-electron chi connectivity index (χ4n) is 6.31. The highest BCUT2D eigenvalue weighted by atomic mass is 16.2. The number of primary amides is 1. The van der Waals surface area contributed by atoms with Crippen LogP contribution in [-0.4, -0.2) is 36.3 Å². The third-order valence-corrected chi connectivity index (χ3v) is 7.23. The predicted octanol–water partition coefficient (Wildman–Crippen LogP) is 3.26. The molecule has 1 aromatic carbocycles. The Morgan fingerprint density at radius 3 is 2.11 bits per heavy atom. The van der Waals surface area contributed by atoms with Gasteiger partial charge in [-0.3, -0.25) is 14.5 Å². The van der Waals surface area contributed by atoms with E-state index in [-0.39, 0.29) is 11.9 Å². The van der Waals surface area contributed by atoms with Gasteiger partial charge in [-0.2, -0.15) is 0 Å². The summed E-state index contributed by atoms with van der Waals surface area (Å²) in [7, 11) is 2.08. The summed E-state index contributed by atoms with van der Waals surface area (Å²) in [5.74, 6) is 2.32. The molecule has 4 saturated carbocycles. The molecule has 27 heavy (non-hydrogen) atoms. The van der Waals surface area contributed by atoms with Crippen LogP contribution in [0.25, 0.3) is 0 Å². The summed E-state index contributed by atoms with van der Waals surface area (Å²) in [4.78, 5) is 26.1. The topological polar surface area (TPSA) is 75.4 Å². The van der Waals surface area contributed by atoms with E-state index in [0.717, 1.165) is 24.3 Å². The van der Waals surface area contributed by atoms with Crippen molar-refractivity contribution < 1.29 is 9.59 Å². The average Bonchev–Trinajstić information content (AvgIpc) is 2.59. The monoisotopic (exact) mass is 369 g/mol. The number of hydrogen-bond acceptors (Lipinski definition) is 3. The van der Waals surface area contributed by atoms with Crippen LogP contribution in [0.15, 0.2) is 24.3 Å². The van der Waals surface area contributed by atoms with Crippen LogP contribution in [0.4, 0.5) is 5.69 Å². The lowest BCUT2D eigenvalue weighted by molar-refractivity contribution is -0.122. The highest BCUT2D eigenvalue weighted by molar-refractivity contribution is 5.96. The first-order chi connectivity index (χ1) is 12.8. The van der Waals surface area contributed by atoms with Crippen molar-refractivity contribution in [1.82, 2.24) is 4.90 Å². The largest absolute Gasteiger partial charge is 0.366 e. The molecule has 5 heteroatoms. The number of hydrogen-bond donors (Lipinski definition) is 2. The molecule has 4 bridgehead atoms. The van der Waals surface area contributed by atoms with Crippen molar-refractivity contribution >= 4 is 17.5 Å². The Morgan fingerprint density at radius 2 is 1.63 bits per heavy atom. The van der Waals surface area contributed by atoms with Crippen molar-refractivity contribution in [1.29, 1.82) is 0 Å². The van der Waals surface area contributed by atoms with E-state index in [1.165, 1.54) is 38.5 Å². The van der Waals surface area contributed by atoms with Crippen molar-refractivity contribution in [3.8, 4) is 0 Å². The van der Waals surface area contributed by atoms with Crippen LogP contribution in [-0.2, 0) is 4.79 Å². The van der Waals surface area contributed by atoms with Gasteiger partial charge < -0.3 is 11.1 Å². The molecule has 146 valence electrons. The molecule has 0 saturated heterocycles. The lowest BCUT2D eigenvalue weighted by Gasteiger charge is -2.58. The quantitative estimate of drug-likeness (QED) is 0.808. The smallest absolute Gasteiger partial charge is 0.248 e. The number of anilines is 1. The average molecular weight is 370 g/mol. The zero-order valence-corrected chi connectivity index (χ0v) is 16.4. The van der Waals surface area contributed by atoms with Gasteiger partial charge in [0.1, 0.15) is 0 Å². The Bertz CT molecular complexity index is 692. The van der Waals surface area contributed by atoms with Crippen LogP contribution in [0, 0.1) is 23.2 Å². The zero-order valence-electron chi connectivity index (χ0n) is 16.4. The number of nitrogens with one attached hydrogen (secondary N) is 1. The van der Waals surface area contributed by atoms with E-state index in [1.807, 2.05) is 6.92 Å². The van der Waals surface area contributed by atoms with E-state index in [2.05, 4.69) is 17.3 Å². The van der Waals surface area contributed by atoms with Gasteiger partial charge in [-0.15, -0.1) is 0 Å². The van der Waals surface area contributed by atoms with Gasteiger partial charge >= 0.3 is 0 Å². The third-order valence-electron chi connectivity index (χ3n) is 7.23. The van der Waals surface area contributed by atoms with Crippen molar-refractivity contribution in [2.24, 2.45) is 28.9 Å². The van der Waals surface area contributed by atoms with Gasteiger partial charge in [-0.25, -0.2) is 0 Å². The molecule has 4 aliphatic rings. The van der Waals surface area contributed by atoms with Crippen LogP contribution < -0.4 is 11.1 Å². The summed E-state index contributed by atoms with van der Waals surface area (Å²) >= 11 is 0. The van der Waals surface area contributed by atoms with Crippen molar-refractivity contribution in [3.63, 3.8) is 0 Å². The van der Waals surface area contributed by atoms with E-state index in [1.54, 1.807) is 24.3 Å². The van der Waals surface area contributed by atoms with Gasteiger partial charge in [0.2, 0.25) is 11.8 Å². The van der Waals surface area contributed by atoms with Crippen molar-refractivity contribution in [3.05, 3.63) is 29.8 Å². The number of carbonyl (C=O) groups excluding carboxylic acids is 2. The molecule has 4 fully saturated rings. The number of carbonyl (C=O) groups is 2. The molecule has 3 N–H and O–H groups in total. The van der Waals surface area contributed by atoms with Gasteiger partial charge in [0.15, 0.2) is 0 Å². The summed E-state index contributed by atoms with van der Waals surface area (Å²) in [6.07, 6.45) is 8.39. The SMILES string of the molecule is CC(C(=O)Nc1ccc(C(N)=O)cc1)N(C)CC12CC3CC(CC(C3)C1)C2. The normalized spacial score (nSPS) is 32.5. The second kappa shape index (κ2) is 6.93. The summed E-state index contributed by atoms with van der Waals surface area (Å²) < 4.78 is 0. The van der Waals surface area contributed by atoms with E-state index in [0.29, 0.717) is 16.7 Å². The summed E-state index contributed by atoms with van der Waals surface area (Å²) in [6.45, 7) is 3.00. The number of benzene rings is 1. The highest BCUT2D eigenvalue weighted by Crippen LogP contribution is 2.60. The third kappa shape index (κ3) is 3.75. The molecule has 0 radical (unpaired) electrons. The van der Waals surface area contributed by atoms with Gasteiger partial charge in [0, 0.05) is 17.8 Å². The Hall–Kier alpha value is -1.88. The van der Waals surface area contributed by atoms with E-state index < -0.39 is 5.91 Å². The summed E-state index contributed by atoms with van der Waals surface area (Å²) in [5.41, 5.74) is 6.83. The molecule has 0 heterocycles. The van der Waals surface area contributed by atoms with Gasteiger partial charge in [0.25, 0.3) is 0 Å². The van der Waals surface area contributed by atoms with Crippen LogP contribution in [0.1, 0.15) is 55.8 Å². The first kappa shape index (κ1) is 18.5. The van der Waals surface area contributed by atoms with E-state index in [4.69, 9.17) is 5.73 Å². The van der Waals surface area contributed by atoms with Crippen LogP contribution in [0.2, 0.25) is 0 Å². The number of nitrogens with two attached hydrogens (primary N) is 1. The molecule has 4 aliphatic carbocycles. The van der Waals surface area contributed by atoms with Gasteiger partial charge in [-0.1, -0.05) is 0 Å². The maximum Gasteiger partial charge on any atom is 0.248 e. The second-order valence-corrected chi connectivity index (χ2v) is 9.44. The maximum absolute atomic E-state index is 12.7. The lowest BCUT2D eigenvalue weighted by atomic mass is 9.49. The molecule has 1 aromatic rings. The number of nitrogens with zero attached hydrogens (tertiary/aromatic N) is 1. The van der Waals surface area contributed by atoms with Crippen molar-refractivity contribution in [2.45, 2.75) is 51.5 Å². The van der Waals surface area contributed by atoms with Gasteiger partial charge in [-0.05, 0) is 99.9 Å². The Balaban J connectivity index is 1.36. The first-order valence-corrected chi connectivity index (χ1v) is 10.2. The fourth-order valence-corrected chi connectivity index (χ4v) is 6.31. The van der Waals surface area contributed by atoms with Gasteiger partial charge in [0.05, 0.1) is 6.04 Å². The molecule has 2 amide bonds. The molecular formula is C22H31N3O2. The zero-order chi connectivity index (χ0) is 19.2.